The van der Waals surface area contributed by atoms with Gasteiger partial charge in [-0.2, -0.15) is 5.10 Å². The Labute approximate surface area is 169 Å². The first-order valence-electron chi connectivity index (χ1n) is 9.83. The molecule has 1 fully saturated rings. The molecule has 0 atom stereocenters. The van der Waals surface area contributed by atoms with Crippen molar-refractivity contribution in [1.29, 1.82) is 0 Å². The van der Waals surface area contributed by atoms with E-state index in [4.69, 9.17) is 4.99 Å². The second-order valence-electron chi connectivity index (χ2n) is 6.73. The lowest BCUT2D eigenvalue weighted by Gasteiger charge is -2.36. The fraction of sp³-hybridized carbons (Fsp3) is 0.350. The molecule has 0 radical (unpaired) electrons. The number of aromatic amines is 1. The summed E-state index contributed by atoms with van der Waals surface area (Å²) in [5.74, 6) is 2.49. The van der Waals surface area contributed by atoms with Gasteiger partial charge in [-0.25, -0.2) is 19.9 Å². The predicted octanol–water partition coefficient (Wildman–Crippen LogP) is 1.55. The Morgan fingerprint density at radius 2 is 1.93 bits per heavy atom. The third-order valence-corrected chi connectivity index (χ3v) is 4.78. The van der Waals surface area contributed by atoms with Crippen LogP contribution >= 0.6 is 0 Å². The van der Waals surface area contributed by atoms with Crippen molar-refractivity contribution in [1.82, 2.24) is 35.4 Å². The molecule has 2 aromatic heterocycles. The fourth-order valence-corrected chi connectivity index (χ4v) is 3.33. The summed E-state index contributed by atoms with van der Waals surface area (Å²) < 4.78 is 0. The van der Waals surface area contributed by atoms with Gasteiger partial charge in [0.2, 0.25) is 5.95 Å². The smallest absolute Gasteiger partial charge is 0.225 e. The van der Waals surface area contributed by atoms with Gasteiger partial charge in [-0.3, -0.25) is 5.10 Å². The number of nitrogens with one attached hydrogen (secondary N) is 2. The Morgan fingerprint density at radius 3 is 2.66 bits per heavy atom. The second kappa shape index (κ2) is 9.13. The van der Waals surface area contributed by atoms with Gasteiger partial charge >= 0.3 is 0 Å². The van der Waals surface area contributed by atoms with E-state index in [1.54, 1.807) is 12.4 Å². The number of hydrogen-bond donors (Lipinski definition) is 2. The molecule has 3 heterocycles. The lowest BCUT2D eigenvalue weighted by atomic mass is 10.1. The molecule has 0 saturated carbocycles. The molecule has 1 aliphatic rings. The topological polar surface area (TPSA) is 98.2 Å². The highest BCUT2D eigenvalue weighted by Crippen LogP contribution is 2.16. The number of rotatable bonds is 5. The second-order valence-corrected chi connectivity index (χ2v) is 6.73. The zero-order valence-corrected chi connectivity index (χ0v) is 16.5. The number of aliphatic imine (C=N–C) groups is 1. The Balaban J connectivity index is 1.41. The number of guanidine groups is 1. The maximum absolute atomic E-state index is 4.86. The Bertz CT molecular complexity index is 916. The molecular formula is C20H25N9. The largest absolute Gasteiger partial charge is 0.357 e. The highest BCUT2D eigenvalue weighted by molar-refractivity contribution is 5.80. The van der Waals surface area contributed by atoms with Crippen LogP contribution in [0, 0.1) is 0 Å². The van der Waals surface area contributed by atoms with Gasteiger partial charge in [0.05, 0.1) is 6.54 Å². The van der Waals surface area contributed by atoms with E-state index in [0.717, 1.165) is 61.6 Å². The molecular weight excluding hydrogens is 366 g/mol. The van der Waals surface area contributed by atoms with E-state index in [2.05, 4.69) is 59.3 Å². The first kappa shape index (κ1) is 18.9. The minimum Gasteiger partial charge on any atom is -0.357 e. The summed E-state index contributed by atoms with van der Waals surface area (Å²) >= 11 is 0. The van der Waals surface area contributed by atoms with Gasteiger partial charge in [0.25, 0.3) is 0 Å². The fourth-order valence-electron chi connectivity index (χ4n) is 3.33. The van der Waals surface area contributed by atoms with Crippen LogP contribution in [0.25, 0.3) is 11.4 Å². The minimum absolute atomic E-state index is 0.603. The first-order valence-corrected chi connectivity index (χ1v) is 9.83. The van der Waals surface area contributed by atoms with Crippen molar-refractivity contribution in [3.05, 3.63) is 54.6 Å². The van der Waals surface area contributed by atoms with E-state index in [0.29, 0.717) is 6.54 Å². The van der Waals surface area contributed by atoms with Crippen molar-refractivity contribution < 1.29 is 0 Å². The minimum atomic E-state index is 0.603. The van der Waals surface area contributed by atoms with Crippen LogP contribution in [0.2, 0.25) is 0 Å². The van der Waals surface area contributed by atoms with Gasteiger partial charge in [-0.15, -0.1) is 0 Å². The van der Waals surface area contributed by atoms with Crippen molar-refractivity contribution in [2.24, 2.45) is 4.99 Å². The third-order valence-electron chi connectivity index (χ3n) is 4.78. The lowest BCUT2D eigenvalue weighted by molar-refractivity contribution is 0.370. The Kier molecular flexibility index (Phi) is 5.94. The molecule has 9 nitrogen and oxygen atoms in total. The Morgan fingerprint density at radius 1 is 1.10 bits per heavy atom. The molecule has 3 aromatic rings. The van der Waals surface area contributed by atoms with Crippen LogP contribution in [0.1, 0.15) is 12.5 Å². The lowest BCUT2D eigenvalue weighted by Crippen LogP contribution is -2.52. The van der Waals surface area contributed by atoms with Crippen LogP contribution in [-0.2, 0) is 6.54 Å². The average Bonchev–Trinajstić information content (AvgIpc) is 3.33. The normalized spacial score (nSPS) is 14.9. The van der Waals surface area contributed by atoms with Crippen molar-refractivity contribution in [2.45, 2.75) is 13.5 Å². The number of anilines is 1. The monoisotopic (exact) mass is 391 g/mol. The summed E-state index contributed by atoms with van der Waals surface area (Å²) in [5.41, 5.74) is 2.14. The highest BCUT2D eigenvalue weighted by atomic mass is 15.4. The number of hydrogen-bond acceptors (Lipinski definition) is 6. The zero-order chi connectivity index (χ0) is 19.9. The van der Waals surface area contributed by atoms with Gasteiger partial charge in [0, 0.05) is 50.7 Å². The molecule has 0 spiro atoms. The summed E-state index contributed by atoms with van der Waals surface area (Å²) in [4.78, 5) is 22.3. The summed E-state index contributed by atoms with van der Waals surface area (Å²) in [6, 6.07) is 10.1. The molecule has 1 saturated heterocycles. The van der Waals surface area contributed by atoms with Gasteiger partial charge in [0.1, 0.15) is 6.33 Å². The van der Waals surface area contributed by atoms with E-state index in [1.807, 2.05) is 18.2 Å². The highest BCUT2D eigenvalue weighted by Gasteiger charge is 2.21. The standard InChI is InChI=1S/C20H25N9/c1-2-21-19(28-9-11-29(12-10-28)20-22-7-4-8-23-20)24-14-16-5-3-6-17(13-16)18-25-15-26-27-18/h3-8,13,15H,2,9-12,14H2,1H3,(H,21,24)(H,25,26,27). The van der Waals surface area contributed by atoms with Gasteiger partial charge in [-0.05, 0) is 24.6 Å². The predicted molar refractivity (Wildman–Crippen MR) is 112 cm³/mol. The van der Waals surface area contributed by atoms with E-state index >= 15 is 0 Å². The van der Waals surface area contributed by atoms with E-state index < -0.39 is 0 Å². The molecule has 1 aromatic carbocycles. The number of piperazine rings is 1. The SMILES string of the molecule is CCNC(=NCc1cccc(-c2ncn[nH]2)c1)N1CCN(c2ncccn2)CC1. The van der Waals surface area contributed by atoms with Crippen LogP contribution in [0.5, 0.6) is 0 Å². The molecule has 1 aliphatic heterocycles. The van der Waals surface area contributed by atoms with Gasteiger partial charge in [-0.1, -0.05) is 18.2 Å². The van der Waals surface area contributed by atoms with Crippen molar-refractivity contribution >= 4 is 11.9 Å². The van der Waals surface area contributed by atoms with Gasteiger partial charge in [0.15, 0.2) is 11.8 Å². The molecule has 2 N–H and O–H groups in total. The summed E-state index contributed by atoms with van der Waals surface area (Å²) in [6.07, 6.45) is 5.09. The number of benzene rings is 1. The molecule has 0 unspecified atom stereocenters. The molecule has 0 aliphatic carbocycles. The molecule has 0 bridgehead atoms. The quantitative estimate of drug-likeness (QED) is 0.503. The molecule has 0 amide bonds. The van der Waals surface area contributed by atoms with Gasteiger partial charge < -0.3 is 15.1 Å². The maximum atomic E-state index is 4.86. The maximum Gasteiger partial charge on any atom is 0.225 e. The van der Waals surface area contributed by atoms with Crippen LogP contribution in [0.3, 0.4) is 0 Å². The molecule has 150 valence electrons. The molecule has 9 heteroatoms. The van der Waals surface area contributed by atoms with Crippen LogP contribution < -0.4 is 10.2 Å². The van der Waals surface area contributed by atoms with Crippen LogP contribution in [0.4, 0.5) is 5.95 Å². The zero-order valence-electron chi connectivity index (χ0n) is 16.5. The average molecular weight is 391 g/mol. The number of H-pyrrole nitrogens is 1. The third kappa shape index (κ3) is 4.68. The molecule has 29 heavy (non-hydrogen) atoms. The van der Waals surface area contributed by atoms with E-state index in [9.17, 15) is 0 Å². The van der Waals surface area contributed by atoms with E-state index in [1.165, 1.54) is 6.33 Å². The number of aromatic nitrogens is 5. The first-order chi connectivity index (χ1) is 14.3. The van der Waals surface area contributed by atoms with Crippen molar-refractivity contribution in [2.75, 3.05) is 37.6 Å². The van der Waals surface area contributed by atoms with Crippen molar-refractivity contribution in [3.63, 3.8) is 0 Å². The summed E-state index contributed by atoms with van der Waals surface area (Å²) in [5, 5.41) is 10.2. The Hall–Kier alpha value is -3.49. The van der Waals surface area contributed by atoms with Crippen molar-refractivity contribution in [3.8, 4) is 11.4 Å². The van der Waals surface area contributed by atoms with Crippen LogP contribution in [0.15, 0.2) is 54.0 Å². The summed E-state index contributed by atoms with van der Waals surface area (Å²) in [7, 11) is 0. The molecule has 4 rings (SSSR count). The van der Waals surface area contributed by atoms with E-state index in [-0.39, 0.29) is 0 Å². The summed E-state index contributed by atoms with van der Waals surface area (Å²) in [6.45, 7) is 7.02. The number of nitrogens with zero attached hydrogens (tertiary/aromatic N) is 7. The van der Waals surface area contributed by atoms with Crippen LogP contribution in [-0.4, -0.2) is 68.7 Å².